The number of nitrogens with one attached hydrogen (secondary N) is 1. The van der Waals surface area contributed by atoms with Gasteiger partial charge in [-0.15, -0.1) is 12.4 Å². The molecule has 0 aliphatic carbocycles. The number of carbonyl (C=O) groups is 1. The molecule has 6 heteroatoms. The minimum absolute atomic E-state index is 0. The van der Waals surface area contributed by atoms with E-state index in [0.717, 1.165) is 5.56 Å². The molecule has 136 valence electrons. The molecule has 2 atom stereocenters. The SMILES string of the molecule is CCC(CNC(=O)CC(N)c1ccccc1)Oc1cccc(F)c1.Cl. The largest absolute Gasteiger partial charge is 0.489 e. The van der Waals surface area contributed by atoms with E-state index in [2.05, 4.69) is 5.32 Å². The van der Waals surface area contributed by atoms with Crippen molar-refractivity contribution >= 4 is 18.3 Å². The maximum atomic E-state index is 13.2. The molecular formula is C19H24ClFN2O2. The first kappa shape index (κ1) is 20.9. The van der Waals surface area contributed by atoms with Gasteiger partial charge in [-0.05, 0) is 24.1 Å². The summed E-state index contributed by atoms with van der Waals surface area (Å²) >= 11 is 0. The number of hydrogen-bond donors (Lipinski definition) is 2. The number of nitrogens with two attached hydrogens (primary N) is 1. The van der Waals surface area contributed by atoms with Crippen molar-refractivity contribution in [2.45, 2.75) is 31.9 Å². The van der Waals surface area contributed by atoms with E-state index < -0.39 is 0 Å². The average Bonchev–Trinajstić information content (AvgIpc) is 2.59. The predicted octanol–water partition coefficient (Wildman–Crippen LogP) is 3.61. The summed E-state index contributed by atoms with van der Waals surface area (Å²) in [7, 11) is 0. The van der Waals surface area contributed by atoms with Gasteiger partial charge in [-0.1, -0.05) is 43.3 Å². The van der Waals surface area contributed by atoms with Crippen LogP contribution in [0.5, 0.6) is 5.75 Å². The van der Waals surface area contributed by atoms with Crippen LogP contribution in [0.15, 0.2) is 54.6 Å². The molecule has 0 bridgehead atoms. The van der Waals surface area contributed by atoms with Crippen molar-refractivity contribution in [2.24, 2.45) is 5.73 Å². The fraction of sp³-hybridized carbons (Fsp3) is 0.316. The number of amides is 1. The van der Waals surface area contributed by atoms with E-state index in [4.69, 9.17) is 10.5 Å². The Labute approximate surface area is 154 Å². The summed E-state index contributed by atoms with van der Waals surface area (Å²) in [4.78, 5) is 12.0. The highest BCUT2D eigenvalue weighted by Gasteiger charge is 2.14. The second-order valence-electron chi connectivity index (χ2n) is 5.63. The molecule has 0 heterocycles. The Morgan fingerprint density at radius 3 is 2.56 bits per heavy atom. The summed E-state index contributed by atoms with van der Waals surface area (Å²) in [6.45, 7) is 2.30. The van der Waals surface area contributed by atoms with Crippen molar-refractivity contribution in [3.05, 3.63) is 66.0 Å². The molecule has 0 radical (unpaired) electrons. The average molecular weight is 367 g/mol. The lowest BCUT2D eigenvalue weighted by Gasteiger charge is -2.19. The van der Waals surface area contributed by atoms with Crippen LogP contribution < -0.4 is 15.8 Å². The van der Waals surface area contributed by atoms with E-state index in [1.165, 1.54) is 12.1 Å². The van der Waals surface area contributed by atoms with Crippen LogP contribution in [-0.2, 0) is 4.79 Å². The highest BCUT2D eigenvalue weighted by atomic mass is 35.5. The molecule has 0 aliphatic rings. The molecule has 2 rings (SSSR count). The van der Waals surface area contributed by atoms with Crippen LogP contribution in [0.25, 0.3) is 0 Å². The van der Waals surface area contributed by atoms with Crippen molar-refractivity contribution in [1.82, 2.24) is 5.32 Å². The molecule has 0 aromatic heterocycles. The van der Waals surface area contributed by atoms with E-state index in [1.54, 1.807) is 12.1 Å². The van der Waals surface area contributed by atoms with Crippen LogP contribution in [0.2, 0.25) is 0 Å². The molecule has 2 aromatic rings. The van der Waals surface area contributed by atoms with Crippen molar-refractivity contribution in [3.8, 4) is 5.75 Å². The highest BCUT2D eigenvalue weighted by Crippen LogP contribution is 2.15. The van der Waals surface area contributed by atoms with E-state index >= 15 is 0 Å². The lowest BCUT2D eigenvalue weighted by atomic mass is 10.0. The van der Waals surface area contributed by atoms with Crippen LogP contribution in [0.3, 0.4) is 0 Å². The molecule has 2 unspecified atom stereocenters. The zero-order valence-corrected chi connectivity index (χ0v) is 15.0. The van der Waals surface area contributed by atoms with Crippen LogP contribution in [0.1, 0.15) is 31.4 Å². The Kier molecular flexibility index (Phi) is 8.95. The van der Waals surface area contributed by atoms with Crippen LogP contribution in [0, 0.1) is 5.82 Å². The monoisotopic (exact) mass is 366 g/mol. The second kappa shape index (κ2) is 10.7. The van der Waals surface area contributed by atoms with Gasteiger partial charge in [-0.2, -0.15) is 0 Å². The third-order valence-corrected chi connectivity index (χ3v) is 3.71. The smallest absolute Gasteiger partial charge is 0.222 e. The molecule has 0 fully saturated rings. The number of rotatable bonds is 8. The Morgan fingerprint density at radius 2 is 1.92 bits per heavy atom. The Balaban J connectivity index is 0.00000312. The summed E-state index contributed by atoms with van der Waals surface area (Å²) in [6.07, 6.45) is 0.686. The third-order valence-electron chi connectivity index (χ3n) is 3.71. The van der Waals surface area contributed by atoms with Gasteiger partial charge in [0.05, 0.1) is 6.54 Å². The fourth-order valence-corrected chi connectivity index (χ4v) is 2.32. The Bertz CT molecular complexity index is 655. The summed E-state index contributed by atoms with van der Waals surface area (Å²) in [6, 6.07) is 15.1. The summed E-state index contributed by atoms with van der Waals surface area (Å²) < 4.78 is 18.9. The zero-order valence-electron chi connectivity index (χ0n) is 14.2. The first-order chi connectivity index (χ1) is 11.6. The number of benzene rings is 2. The predicted molar refractivity (Wildman–Crippen MR) is 99.4 cm³/mol. The van der Waals surface area contributed by atoms with Crippen molar-refractivity contribution in [2.75, 3.05) is 6.54 Å². The van der Waals surface area contributed by atoms with Gasteiger partial charge >= 0.3 is 0 Å². The number of halogens is 2. The lowest BCUT2D eigenvalue weighted by molar-refractivity contribution is -0.121. The maximum absolute atomic E-state index is 13.2. The number of ether oxygens (including phenoxy) is 1. The van der Waals surface area contributed by atoms with Gasteiger partial charge < -0.3 is 15.8 Å². The van der Waals surface area contributed by atoms with Crippen molar-refractivity contribution in [1.29, 1.82) is 0 Å². The first-order valence-corrected chi connectivity index (χ1v) is 8.08. The Morgan fingerprint density at radius 1 is 1.20 bits per heavy atom. The van der Waals surface area contributed by atoms with Gasteiger partial charge in [0.15, 0.2) is 0 Å². The van der Waals surface area contributed by atoms with Crippen LogP contribution in [0.4, 0.5) is 4.39 Å². The highest BCUT2D eigenvalue weighted by molar-refractivity contribution is 5.85. The maximum Gasteiger partial charge on any atom is 0.222 e. The van der Waals surface area contributed by atoms with Gasteiger partial charge in [0.1, 0.15) is 17.7 Å². The minimum atomic E-state index is -0.347. The van der Waals surface area contributed by atoms with Gasteiger partial charge in [0.25, 0.3) is 0 Å². The van der Waals surface area contributed by atoms with Crippen molar-refractivity contribution < 1.29 is 13.9 Å². The summed E-state index contributed by atoms with van der Waals surface area (Å²) in [5, 5.41) is 2.83. The normalized spacial score (nSPS) is 12.6. The molecule has 0 spiro atoms. The number of hydrogen-bond acceptors (Lipinski definition) is 3. The summed E-state index contributed by atoms with van der Waals surface area (Å²) in [5.74, 6) is -0.0232. The van der Waals surface area contributed by atoms with E-state index in [1.807, 2.05) is 37.3 Å². The van der Waals surface area contributed by atoms with E-state index in [0.29, 0.717) is 18.7 Å². The van der Waals surface area contributed by atoms with Gasteiger partial charge in [-0.25, -0.2) is 4.39 Å². The second-order valence-corrected chi connectivity index (χ2v) is 5.63. The topological polar surface area (TPSA) is 64.4 Å². The minimum Gasteiger partial charge on any atom is -0.489 e. The third kappa shape index (κ3) is 7.11. The van der Waals surface area contributed by atoms with Gasteiger partial charge in [0.2, 0.25) is 5.91 Å². The molecule has 1 amide bonds. The van der Waals surface area contributed by atoms with Crippen LogP contribution >= 0.6 is 12.4 Å². The van der Waals surface area contributed by atoms with Crippen molar-refractivity contribution in [3.63, 3.8) is 0 Å². The number of carbonyl (C=O) groups excluding carboxylic acids is 1. The first-order valence-electron chi connectivity index (χ1n) is 8.08. The molecule has 0 aliphatic heterocycles. The molecular weight excluding hydrogens is 343 g/mol. The standard InChI is InChI=1S/C19H23FN2O2.ClH/c1-2-16(24-17-10-6-9-15(20)11-17)13-22-19(23)12-18(21)14-7-4-3-5-8-14;/h3-11,16,18H,2,12-13,21H2,1H3,(H,22,23);1H. The molecule has 0 saturated carbocycles. The molecule has 25 heavy (non-hydrogen) atoms. The molecule has 0 saturated heterocycles. The molecule has 3 N–H and O–H groups in total. The van der Waals surface area contributed by atoms with E-state index in [9.17, 15) is 9.18 Å². The summed E-state index contributed by atoms with van der Waals surface area (Å²) in [5.41, 5.74) is 6.97. The van der Waals surface area contributed by atoms with E-state index in [-0.39, 0.29) is 42.7 Å². The quantitative estimate of drug-likeness (QED) is 0.750. The fourth-order valence-electron chi connectivity index (χ4n) is 2.32. The lowest BCUT2D eigenvalue weighted by Crippen LogP contribution is -2.36. The molecule has 2 aromatic carbocycles. The Hall–Kier alpha value is -2.11. The zero-order chi connectivity index (χ0) is 17.4. The van der Waals surface area contributed by atoms with Gasteiger partial charge in [-0.3, -0.25) is 4.79 Å². The van der Waals surface area contributed by atoms with Crippen LogP contribution in [-0.4, -0.2) is 18.6 Å². The molecule has 4 nitrogen and oxygen atoms in total. The van der Waals surface area contributed by atoms with Gasteiger partial charge in [0, 0.05) is 18.5 Å².